The predicted octanol–water partition coefficient (Wildman–Crippen LogP) is 2.26. The first kappa shape index (κ1) is 11.2. The number of hydrogen-bond acceptors (Lipinski definition) is 4. The highest BCUT2D eigenvalue weighted by Gasteiger charge is 2.38. The zero-order chi connectivity index (χ0) is 13.0. The predicted molar refractivity (Wildman–Crippen MR) is 73.4 cm³/mol. The summed E-state index contributed by atoms with van der Waals surface area (Å²) in [6, 6.07) is 1.37. The fourth-order valence-electron chi connectivity index (χ4n) is 3.78. The minimum atomic E-state index is 0.687. The molecule has 2 aromatic heterocycles. The molecule has 2 aliphatic heterocycles. The van der Waals surface area contributed by atoms with Crippen LogP contribution in [0, 0.1) is 13.8 Å². The molecule has 19 heavy (non-hydrogen) atoms. The van der Waals surface area contributed by atoms with Gasteiger partial charge in [-0.2, -0.15) is 14.6 Å². The lowest BCUT2D eigenvalue weighted by Gasteiger charge is -2.37. The van der Waals surface area contributed by atoms with Crippen LogP contribution in [-0.2, 0) is 0 Å². The van der Waals surface area contributed by atoms with E-state index in [2.05, 4.69) is 33.8 Å². The van der Waals surface area contributed by atoms with Gasteiger partial charge in [0.25, 0.3) is 5.78 Å². The van der Waals surface area contributed by atoms with Crippen LogP contribution in [-0.4, -0.2) is 31.7 Å². The molecular weight excluding hydrogens is 238 g/mol. The van der Waals surface area contributed by atoms with Gasteiger partial charge in [-0.15, -0.1) is 0 Å². The van der Waals surface area contributed by atoms with Crippen LogP contribution in [0.15, 0.2) is 6.33 Å². The Hall–Kier alpha value is -1.65. The van der Waals surface area contributed by atoms with E-state index in [9.17, 15) is 0 Å². The van der Waals surface area contributed by atoms with Gasteiger partial charge in [-0.05, 0) is 46.0 Å². The Morgan fingerprint density at radius 1 is 1.11 bits per heavy atom. The molecule has 0 saturated carbocycles. The van der Waals surface area contributed by atoms with E-state index in [1.807, 2.05) is 4.52 Å². The Bertz CT molecular complexity index is 616. The number of rotatable bonds is 1. The Labute approximate surface area is 112 Å². The summed E-state index contributed by atoms with van der Waals surface area (Å²) < 4.78 is 1.93. The molecule has 0 aromatic carbocycles. The molecule has 2 aromatic rings. The van der Waals surface area contributed by atoms with Crippen LogP contribution in [0.25, 0.3) is 5.78 Å². The molecular formula is C14H19N5. The highest BCUT2D eigenvalue weighted by molar-refractivity contribution is 5.56. The van der Waals surface area contributed by atoms with Gasteiger partial charge < -0.3 is 4.90 Å². The van der Waals surface area contributed by atoms with Crippen molar-refractivity contribution in [2.45, 2.75) is 58.0 Å². The maximum atomic E-state index is 4.52. The second-order valence-electron chi connectivity index (χ2n) is 5.84. The van der Waals surface area contributed by atoms with Gasteiger partial charge in [0, 0.05) is 23.3 Å². The summed E-state index contributed by atoms with van der Waals surface area (Å²) in [5.74, 6) is 1.95. The van der Waals surface area contributed by atoms with Crippen molar-refractivity contribution in [3.8, 4) is 0 Å². The first-order valence-electron chi connectivity index (χ1n) is 7.21. The fraction of sp³-hybridized carbons (Fsp3) is 0.643. The zero-order valence-electron chi connectivity index (χ0n) is 11.5. The number of fused-ring (bicyclic) bond motifs is 3. The molecule has 4 heterocycles. The summed E-state index contributed by atoms with van der Waals surface area (Å²) in [5.41, 5.74) is 2.32. The normalized spacial score (nSPS) is 26.3. The van der Waals surface area contributed by atoms with E-state index in [0.29, 0.717) is 12.1 Å². The number of aromatic nitrogens is 4. The molecule has 5 heteroatoms. The maximum Gasteiger partial charge on any atom is 0.254 e. The highest BCUT2D eigenvalue weighted by Crippen LogP contribution is 2.40. The van der Waals surface area contributed by atoms with Crippen molar-refractivity contribution in [1.82, 2.24) is 19.6 Å². The van der Waals surface area contributed by atoms with Crippen LogP contribution in [0.5, 0.6) is 0 Å². The summed E-state index contributed by atoms with van der Waals surface area (Å²) in [6.07, 6.45) is 8.25. The molecule has 0 aliphatic carbocycles. The van der Waals surface area contributed by atoms with Gasteiger partial charge in [-0.25, -0.2) is 4.98 Å². The smallest absolute Gasteiger partial charge is 0.254 e. The first-order valence-corrected chi connectivity index (χ1v) is 7.21. The largest absolute Gasteiger partial charge is 0.350 e. The van der Waals surface area contributed by atoms with Gasteiger partial charge in [-0.1, -0.05) is 0 Å². The van der Waals surface area contributed by atoms with Crippen molar-refractivity contribution in [2.24, 2.45) is 0 Å². The molecule has 2 unspecified atom stereocenters. The van der Waals surface area contributed by atoms with Gasteiger partial charge in [0.15, 0.2) is 0 Å². The van der Waals surface area contributed by atoms with Crippen molar-refractivity contribution >= 4 is 11.6 Å². The Balaban J connectivity index is 1.95. The van der Waals surface area contributed by atoms with Gasteiger partial charge in [-0.3, -0.25) is 0 Å². The van der Waals surface area contributed by atoms with Gasteiger partial charge in [0.2, 0.25) is 0 Å². The van der Waals surface area contributed by atoms with Gasteiger partial charge in [0.05, 0.1) is 0 Å². The van der Waals surface area contributed by atoms with Crippen LogP contribution < -0.4 is 4.90 Å². The molecule has 2 bridgehead atoms. The molecule has 0 radical (unpaired) electrons. The van der Waals surface area contributed by atoms with E-state index >= 15 is 0 Å². The lowest BCUT2D eigenvalue weighted by atomic mass is 10.0. The van der Waals surface area contributed by atoms with Crippen LogP contribution in [0.1, 0.15) is 43.4 Å². The van der Waals surface area contributed by atoms with E-state index in [-0.39, 0.29) is 0 Å². The summed E-state index contributed by atoms with van der Waals surface area (Å²) in [7, 11) is 0. The van der Waals surface area contributed by atoms with E-state index < -0.39 is 0 Å². The lowest BCUT2D eigenvalue weighted by Crippen LogP contribution is -2.41. The average Bonchev–Trinajstić information content (AvgIpc) is 2.94. The molecule has 0 amide bonds. The van der Waals surface area contributed by atoms with Gasteiger partial charge >= 0.3 is 0 Å². The third-order valence-corrected chi connectivity index (χ3v) is 4.82. The van der Waals surface area contributed by atoms with Crippen LogP contribution in [0.2, 0.25) is 0 Å². The Morgan fingerprint density at radius 2 is 1.84 bits per heavy atom. The lowest BCUT2D eigenvalue weighted by molar-refractivity contribution is 0.460. The third-order valence-electron chi connectivity index (χ3n) is 4.82. The summed E-state index contributed by atoms with van der Waals surface area (Å²) in [6.45, 7) is 4.23. The number of aryl methyl sites for hydroxylation is 1. The average molecular weight is 257 g/mol. The minimum Gasteiger partial charge on any atom is -0.350 e. The Morgan fingerprint density at radius 3 is 2.58 bits per heavy atom. The van der Waals surface area contributed by atoms with E-state index in [1.165, 1.54) is 43.5 Å². The number of piperidine rings is 1. The van der Waals surface area contributed by atoms with Crippen molar-refractivity contribution in [1.29, 1.82) is 0 Å². The van der Waals surface area contributed by atoms with E-state index in [0.717, 1.165) is 11.5 Å². The third kappa shape index (κ3) is 1.50. The molecule has 2 atom stereocenters. The molecule has 0 N–H and O–H groups in total. The topological polar surface area (TPSA) is 46.3 Å². The fourth-order valence-corrected chi connectivity index (χ4v) is 3.78. The molecule has 0 spiro atoms. The summed E-state index contributed by atoms with van der Waals surface area (Å²) in [4.78, 5) is 11.4. The monoisotopic (exact) mass is 257 g/mol. The van der Waals surface area contributed by atoms with E-state index in [1.54, 1.807) is 6.33 Å². The molecule has 2 fully saturated rings. The Kier molecular flexibility index (Phi) is 2.31. The van der Waals surface area contributed by atoms with Crippen LogP contribution in [0.4, 0.5) is 5.82 Å². The number of anilines is 1. The molecule has 4 rings (SSSR count). The van der Waals surface area contributed by atoms with E-state index in [4.69, 9.17) is 0 Å². The first-order chi connectivity index (χ1) is 9.25. The maximum absolute atomic E-state index is 4.52. The molecule has 2 aliphatic rings. The molecule has 2 saturated heterocycles. The van der Waals surface area contributed by atoms with Crippen LogP contribution in [0.3, 0.4) is 0 Å². The molecule has 100 valence electrons. The highest BCUT2D eigenvalue weighted by atomic mass is 15.4. The number of hydrogen-bond donors (Lipinski definition) is 0. The quantitative estimate of drug-likeness (QED) is 0.786. The summed E-state index contributed by atoms with van der Waals surface area (Å²) in [5, 5.41) is 4.39. The number of nitrogens with zero attached hydrogens (tertiary/aromatic N) is 5. The standard InChI is InChI=1S/C14H19N5/c1-9-10(2)17-14-15-8-16-19(14)13(9)18-11-4-3-5-12(18)7-6-11/h8,11-12H,3-7H2,1-2H3. The SMILES string of the molecule is Cc1nc2ncnn2c(N2C3CCCC2CC3)c1C. The summed E-state index contributed by atoms with van der Waals surface area (Å²) >= 11 is 0. The van der Waals surface area contributed by atoms with Crippen LogP contribution >= 0.6 is 0 Å². The van der Waals surface area contributed by atoms with Crippen molar-refractivity contribution in [3.05, 3.63) is 17.6 Å². The second-order valence-corrected chi connectivity index (χ2v) is 5.84. The van der Waals surface area contributed by atoms with Crippen molar-refractivity contribution in [2.75, 3.05) is 4.90 Å². The second kappa shape index (κ2) is 3.92. The van der Waals surface area contributed by atoms with Crippen molar-refractivity contribution < 1.29 is 0 Å². The van der Waals surface area contributed by atoms with Gasteiger partial charge in [0.1, 0.15) is 12.1 Å². The minimum absolute atomic E-state index is 0.687. The zero-order valence-corrected chi connectivity index (χ0v) is 11.5. The van der Waals surface area contributed by atoms with Crippen molar-refractivity contribution in [3.63, 3.8) is 0 Å². The molecule has 5 nitrogen and oxygen atoms in total.